The van der Waals surface area contributed by atoms with Crippen LogP contribution in [0.5, 0.6) is 0 Å². The Morgan fingerprint density at radius 2 is 1.43 bits per heavy atom. The molecule has 2 aromatic carbocycles. The van der Waals surface area contributed by atoms with Crippen LogP contribution in [0.15, 0.2) is 42.6 Å². The van der Waals surface area contributed by atoms with Gasteiger partial charge in [0.25, 0.3) is 0 Å². The van der Waals surface area contributed by atoms with Crippen LogP contribution in [0, 0.1) is 27.7 Å². The number of nitrogens with zero attached hydrogens (tertiary/aromatic N) is 3. The smallest absolute Gasteiger partial charge is 0.0949 e. The minimum Gasteiger partial charge on any atom is -0.213 e. The Bertz CT molecular complexity index is 759. The van der Waals surface area contributed by atoms with E-state index in [1.165, 1.54) is 27.8 Å². The Labute approximate surface area is 125 Å². The minimum absolute atomic E-state index is 1.03. The summed E-state index contributed by atoms with van der Waals surface area (Å²) in [5.74, 6) is 0. The molecule has 0 aliphatic rings. The largest absolute Gasteiger partial charge is 0.213 e. The number of aryl methyl sites for hydroxylation is 4. The van der Waals surface area contributed by atoms with Gasteiger partial charge in [0.05, 0.1) is 17.6 Å². The fraction of sp³-hybridized carbons (Fsp3) is 0.222. The Hall–Kier alpha value is -2.42. The van der Waals surface area contributed by atoms with Gasteiger partial charge in [0.1, 0.15) is 0 Å². The minimum atomic E-state index is 1.03. The monoisotopic (exact) mass is 277 g/mol. The first-order chi connectivity index (χ1) is 10.1. The van der Waals surface area contributed by atoms with E-state index in [-0.39, 0.29) is 0 Å². The van der Waals surface area contributed by atoms with Crippen LogP contribution in [0.2, 0.25) is 0 Å². The third-order valence-corrected chi connectivity index (χ3v) is 3.76. The lowest BCUT2D eigenvalue weighted by Crippen LogP contribution is -2.01. The molecule has 1 aromatic heterocycles. The Balaban J connectivity index is 2.18. The van der Waals surface area contributed by atoms with E-state index in [4.69, 9.17) is 0 Å². The van der Waals surface area contributed by atoms with Crippen LogP contribution >= 0.6 is 0 Å². The van der Waals surface area contributed by atoms with Crippen LogP contribution in [0.25, 0.3) is 16.9 Å². The molecule has 21 heavy (non-hydrogen) atoms. The highest BCUT2D eigenvalue weighted by molar-refractivity contribution is 5.69. The van der Waals surface area contributed by atoms with E-state index in [2.05, 4.69) is 74.4 Å². The molecule has 3 aromatic rings. The van der Waals surface area contributed by atoms with E-state index in [0.717, 1.165) is 11.4 Å². The SMILES string of the molecule is Cc1ccc(-n2nncc2-c2c(C)cc(C)cc2C)cc1. The summed E-state index contributed by atoms with van der Waals surface area (Å²) in [5.41, 5.74) is 8.31. The van der Waals surface area contributed by atoms with E-state index < -0.39 is 0 Å². The fourth-order valence-corrected chi connectivity index (χ4v) is 2.87. The topological polar surface area (TPSA) is 30.7 Å². The molecule has 0 saturated heterocycles. The molecule has 3 heteroatoms. The first-order valence-electron chi connectivity index (χ1n) is 7.12. The Kier molecular flexibility index (Phi) is 3.34. The lowest BCUT2D eigenvalue weighted by Gasteiger charge is -2.13. The van der Waals surface area contributed by atoms with E-state index >= 15 is 0 Å². The van der Waals surface area contributed by atoms with Crippen LogP contribution in [-0.4, -0.2) is 15.0 Å². The molecule has 0 spiro atoms. The van der Waals surface area contributed by atoms with Crippen LogP contribution in [0.4, 0.5) is 0 Å². The van der Waals surface area contributed by atoms with Crippen LogP contribution in [0.3, 0.4) is 0 Å². The summed E-state index contributed by atoms with van der Waals surface area (Å²) in [6, 6.07) is 12.7. The molecular weight excluding hydrogens is 258 g/mol. The fourth-order valence-electron chi connectivity index (χ4n) is 2.87. The van der Waals surface area contributed by atoms with Gasteiger partial charge in [-0.1, -0.05) is 40.6 Å². The van der Waals surface area contributed by atoms with Crippen molar-refractivity contribution in [3.63, 3.8) is 0 Å². The average molecular weight is 277 g/mol. The van der Waals surface area contributed by atoms with Crippen molar-refractivity contribution in [3.05, 3.63) is 64.8 Å². The maximum absolute atomic E-state index is 4.26. The molecule has 0 fully saturated rings. The summed E-state index contributed by atoms with van der Waals surface area (Å²) in [6.45, 7) is 8.49. The third kappa shape index (κ3) is 2.47. The van der Waals surface area contributed by atoms with Gasteiger partial charge in [-0.25, -0.2) is 4.68 Å². The van der Waals surface area contributed by atoms with Crippen LogP contribution in [0.1, 0.15) is 22.3 Å². The molecule has 0 atom stereocenters. The van der Waals surface area contributed by atoms with Crippen molar-refractivity contribution in [2.75, 3.05) is 0 Å². The van der Waals surface area contributed by atoms with Crippen molar-refractivity contribution >= 4 is 0 Å². The first-order valence-corrected chi connectivity index (χ1v) is 7.12. The maximum atomic E-state index is 4.26. The summed E-state index contributed by atoms with van der Waals surface area (Å²) >= 11 is 0. The van der Waals surface area contributed by atoms with Gasteiger partial charge in [0.2, 0.25) is 0 Å². The zero-order chi connectivity index (χ0) is 15.0. The lowest BCUT2D eigenvalue weighted by atomic mass is 9.97. The second-order valence-corrected chi connectivity index (χ2v) is 5.64. The van der Waals surface area contributed by atoms with Gasteiger partial charge in [-0.2, -0.15) is 0 Å². The summed E-state index contributed by atoms with van der Waals surface area (Å²) in [5, 5.41) is 8.38. The summed E-state index contributed by atoms with van der Waals surface area (Å²) in [4.78, 5) is 0. The Morgan fingerprint density at radius 3 is 2.05 bits per heavy atom. The standard InChI is InChI=1S/C18H19N3/c1-12-5-7-16(8-6-12)21-17(11-19-20-21)18-14(3)9-13(2)10-15(18)4/h5-11H,1-4H3. The second kappa shape index (κ2) is 5.17. The molecule has 0 N–H and O–H groups in total. The third-order valence-electron chi connectivity index (χ3n) is 3.76. The average Bonchev–Trinajstić information content (AvgIpc) is 2.87. The molecule has 0 amide bonds. The molecule has 0 bridgehead atoms. The van der Waals surface area contributed by atoms with E-state index in [1.54, 1.807) is 0 Å². The highest BCUT2D eigenvalue weighted by Gasteiger charge is 2.13. The predicted molar refractivity (Wildman–Crippen MR) is 85.7 cm³/mol. The summed E-state index contributed by atoms with van der Waals surface area (Å²) in [7, 11) is 0. The molecule has 0 saturated carbocycles. The zero-order valence-electron chi connectivity index (χ0n) is 12.9. The number of aromatic nitrogens is 3. The number of hydrogen-bond donors (Lipinski definition) is 0. The van der Waals surface area contributed by atoms with Crippen molar-refractivity contribution in [1.82, 2.24) is 15.0 Å². The van der Waals surface area contributed by atoms with Gasteiger partial charge < -0.3 is 0 Å². The normalized spacial score (nSPS) is 10.9. The van der Waals surface area contributed by atoms with Crippen LogP contribution < -0.4 is 0 Å². The van der Waals surface area contributed by atoms with E-state index in [0.29, 0.717) is 0 Å². The van der Waals surface area contributed by atoms with Crippen LogP contribution in [-0.2, 0) is 0 Å². The molecular formula is C18H19N3. The van der Waals surface area contributed by atoms with E-state index in [9.17, 15) is 0 Å². The molecule has 106 valence electrons. The molecule has 3 rings (SSSR count). The first kappa shape index (κ1) is 13.6. The van der Waals surface area contributed by atoms with Crippen molar-refractivity contribution in [2.24, 2.45) is 0 Å². The molecule has 1 heterocycles. The van der Waals surface area contributed by atoms with Crippen molar-refractivity contribution in [1.29, 1.82) is 0 Å². The molecule has 0 aliphatic carbocycles. The molecule has 3 nitrogen and oxygen atoms in total. The van der Waals surface area contributed by atoms with Gasteiger partial charge in [0, 0.05) is 5.56 Å². The van der Waals surface area contributed by atoms with Crippen molar-refractivity contribution in [2.45, 2.75) is 27.7 Å². The van der Waals surface area contributed by atoms with Gasteiger partial charge in [-0.15, -0.1) is 5.10 Å². The molecule has 0 unspecified atom stereocenters. The Morgan fingerprint density at radius 1 is 0.810 bits per heavy atom. The maximum Gasteiger partial charge on any atom is 0.0949 e. The van der Waals surface area contributed by atoms with Gasteiger partial charge >= 0.3 is 0 Å². The number of hydrogen-bond acceptors (Lipinski definition) is 2. The number of benzene rings is 2. The summed E-state index contributed by atoms with van der Waals surface area (Å²) in [6.07, 6.45) is 1.84. The van der Waals surface area contributed by atoms with E-state index in [1.807, 2.05) is 10.9 Å². The highest BCUT2D eigenvalue weighted by atomic mass is 15.4. The highest BCUT2D eigenvalue weighted by Crippen LogP contribution is 2.29. The molecule has 0 aliphatic heterocycles. The van der Waals surface area contributed by atoms with Gasteiger partial charge in [-0.05, 0) is 51.0 Å². The lowest BCUT2D eigenvalue weighted by molar-refractivity contribution is 0.807. The van der Waals surface area contributed by atoms with Crippen molar-refractivity contribution < 1.29 is 0 Å². The molecule has 0 radical (unpaired) electrons. The summed E-state index contributed by atoms with van der Waals surface area (Å²) < 4.78 is 1.91. The number of rotatable bonds is 2. The van der Waals surface area contributed by atoms with Gasteiger partial charge in [0.15, 0.2) is 0 Å². The predicted octanol–water partition coefficient (Wildman–Crippen LogP) is 4.17. The van der Waals surface area contributed by atoms with Gasteiger partial charge in [-0.3, -0.25) is 0 Å². The quantitative estimate of drug-likeness (QED) is 0.704. The second-order valence-electron chi connectivity index (χ2n) is 5.64. The zero-order valence-corrected chi connectivity index (χ0v) is 12.9. The van der Waals surface area contributed by atoms with Crippen molar-refractivity contribution in [3.8, 4) is 16.9 Å².